The molecule has 0 radical (unpaired) electrons. The number of benzene rings is 1. The van der Waals surface area contributed by atoms with E-state index in [-0.39, 0.29) is 13.2 Å². The maximum atomic E-state index is 11.7. The quantitative estimate of drug-likeness (QED) is 0.674. The fourth-order valence-corrected chi connectivity index (χ4v) is 2.86. The van der Waals surface area contributed by atoms with Gasteiger partial charge in [-0.15, -0.1) is 0 Å². The van der Waals surface area contributed by atoms with Crippen LogP contribution in [0.3, 0.4) is 0 Å². The number of alkyl carbamates (subject to hydrolysis) is 1. The number of aromatic nitrogens is 2. The maximum absolute atomic E-state index is 11.7. The Bertz CT molecular complexity index is 720. The van der Waals surface area contributed by atoms with Crippen LogP contribution in [0.15, 0.2) is 42.7 Å². The first-order valence-electron chi connectivity index (χ1n) is 9.01. The van der Waals surface area contributed by atoms with Crippen molar-refractivity contribution >= 4 is 12.0 Å². The van der Waals surface area contributed by atoms with Crippen LogP contribution in [0.5, 0.6) is 0 Å². The molecule has 0 spiro atoms. The summed E-state index contributed by atoms with van der Waals surface area (Å²) in [6, 6.07) is 9.28. The number of nitrogens with one attached hydrogen (secondary N) is 1. The Kier molecular flexibility index (Phi) is 6.56. The number of anilines is 1. The highest BCUT2D eigenvalue weighted by atomic mass is 16.5. The molecular formula is C19H24N4O4. The van der Waals surface area contributed by atoms with E-state index >= 15 is 0 Å². The number of aliphatic hydroxyl groups is 2. The van der Waals surface area contributed by atoms with Gasteiger partial charge in [-0.1, -0.05) is 30.3 Å². The lowest BCUT2D eigenvalue weighted by Crippen LogP contribution is -2.35. The summed E-state index contributed by atoms with van der Waals surface area (Å²) in [4.78, 5) is 22.3. The van der Waals surface area contributed by atoms with Gasteiger partial charge in [0.2, 0.25) is 5.95 Å². The Morgan fingerprint density at radius 1 is 1.15 bits per heavy atom. The lowest BCUT2D eigenvalue weighted by Gasteiger charge is -2.19. The zero-order valence-electron chi connectivity index (χ0n) is 15.0. The summed E-state index contributed by atoms with van der Waals surface area (Å²) in [5.41, 5.74) is 1.26. The van der Waals surface area contributed by atoms with Gasteiger partial charge in [-0.3, -0.25) is 0 Å². The number of amides is 1. The number of hydrogen-bond donors (Lipinski definition) is 3. The van der Waals surface area contributed by atoms with Gasteiger partial charge in [0.1, 0.15) is 18.8 Å². The molecule has 27 heavy (non-hydrogen) atoms. The van der Waals surface area contributed by atoms with Crippen LogP contribution < -0.4 is 10.2 Å². The summed E-state index contributed by atoms with van der Waals surface area (Å²) in [5, 5.41) is 22.8. The molecule has 0 saturated carbocycles. The highest BCUT2D eigenvalue weighted by Gasteiger charge is 2.21. The molecule has 2 heterocycles. The molecule has 1 fully saturated rings. The summed E-state index contributed by atoms with van der Waals surface area (Å²) in [7, 11) is 0. The topological polar surface area (TPSA) is 108 Å². The number of carbonyl (C=O) groups excluding carboxylic acids is 1. The fourth-order valence-electron chi connectivity index (χ4n) is 2.86. The van der Waals surface area contributed by atoms with Crippen molar-refractivity contribution in [3.63, 3.8) is 0 Å². The van der Waals surface area contributed by atoms with E-state index in [2.05, 4.69) is 20.2 Å². The SMILES string of the molecule is O=C(NCC(O)C(O)c1cnc(N2CCCC2)nc1)OCc1ccccc1. The number of aliphatic hydroxyl groups excluding tert-OH is 2. The molecule has 1 aromatic heterocycles. The van der Waals surface area contributed by atoms with Crippen LogP contribution >= 0.6 is 0 Å². The van der Waals surface area contributed by atoms with Crippen molar-refractivity contribution in [1.82, 2.24) is 15.3 Å². The average molecular weight is 372 g/mol. The van der Waals surface area contributed by atoms with Crippen LogP contribution in [-0.2, 0) is 11.3 Å². The summed E-state index contributed by atoms with van der Waals surface area (Å²) in [5.74, 6) is 0.626. The molecule has 2 aromatic rings. The lowest BCUT2D eigenvalue weighted by atomic mass is 10.1. The largest absolute Gasteiger partial charge is 0.445 e. The molecule has 3 N–H and O–H groups in total. The highest BCUT2D eigenvalue weighted by Crippen LogP contribution is 2.19. The molecule has 2 atom stereocenters. The molecule has 8 heteroatoms. The minimum Gasteiger partial charge on any atom is -0.445 e. The molecule has 8 nitrogen and oxygen atoms in total. The third kappa shape index (κ3) is 5.38. The van der Waals surface area contributed by atoms with Gasteiger partial charge in [0, 0.05) is 37.6 Å². The molecule has 1 saturated heterocycles. The van der Waals surface area contributed by atoms with E-state index < -0.39 is 18.3 Å². The van der Waals surface area contributed by atoms with Crippen molar-refractivity contribution < 1.29 is 19.7 Å². The van der Waals surface area contributed by atoms with Gasteiger partial charge in [0.25, 0.3) is 0 Å². The second-order valence-corrected chi connectivity index (χ2v) is 6.47. The van der Waals surface area contributed by atoms with Crippen LogP contribution in [0.4, 0.5) is 10.7 Å². The normalized spacial score (nSPS) is 16.0. The van der Waals surface area contributed by atoms with Crippen LogP contribution in [0, 0.1) is 0 Å². The van der Waals surface area contributed by atoms with Crippen LogP contribution in [0.25, 0.3) is 0 Å². The van der Waals surface area contributed by atoms with E-state index in [1.54, 1.807) is 0 Å². The second-order valence-electron chi connectivity index (χ2n) is 6.47. The summed E-state index contributed by atoms with van der Waals surface area (Å²) in [6.45, 7) is 1.85. The Balaban J connectivity index is 1.44. The van der Waals surface area contributed by atoms with Crippen molar-refractivity contribution in [2.24, 2.45) is 0 Å². The molecule has 1 aliphatic heterocycles. The Morgan fingerprint density at radius 3 is 2.48 bits per heavy atom. The Labute approximate surface area is 157 Å². The molecule has 0 aliphatic carbocycles. The third-order valence-electron chi connectivity index (χ3n) is 4.42. The van der Waals surface area contributed by atoms with E-state index in [0.717, 1.165) is 31.5 Å². The number of nitrogens with zero attached hydrogens (tertiary/aromatic N) is 3. The van der Waals surface area contributed by atoms with Crippen molar-refractivity contribution in [2.45, 2.75) is 31.7 Å². The molecule has 2 unspecified atom stereocenters. The van der Waals surface area contributed by atoms with Gasteiger partial charge < -0.3 is 25.2 Å². The van der Waals surface area contributed by atoms with Crippen molar-refractivity contribution in [2.75, 3.05) is 24.5 Å². The standard InChI is InChI=1S/C19H24N4O4/c24-16(12-22-19(26)27-13-14-6-2-1-3-7-14)17(25)15-10-20-18(21-11-15)23-8-4-5-9-23/h1-3,6-7,10-11,16-17,24-25H,4-5,8-9,12-13H2,(H,22,26). The van der Waals surface area contributed by atoms with Crippen LogP contribution in [0.1, 0.15) is 30.1 Å². The minimum atomic E-state index is -1.20. The molecule has 144 valence electrons. The predicted molar refractivity (Wildman–Crippen MR) is 99.1 cm³/mol. The van der Waals surface area contributed by atoms with Crippen molar-refractivity contribution in [1.29, 1.82) is 0 Å². The van der Waals surface area contributed by atoms with E-state index in [1.165, 1.54) is 12.4 Å². The second kappa shape index (κ2) is 9.29. The number of carbonyl (C=O) groups is 1. The monoisotopic (exact) mass is 372 g/mol. The molecule has 3 rings (SSSR count). The first kappa shape index (κ1) is 19.1. The summed E-state index contributed by atoms with van der Waals surface area (Å²) >= 11 is 0. The zero-order valence-corrected chi connectivity index (χ0v) is 15.0. The van der Waals surface area contributed by atoms with Crippen LogP contribution in [0.2, 0.25) is 0 Å². The number of ether oxygens (including phenoxy) is 1. The Morgan fingerprint density at radius 2 is 1.81 bits per heavy atom. The molecule has 1 amide bonds. The molecule has 1 aromatic carbocycles. The fraction of sp³-hybridized carbons (Fsp3) is 0.421. The van der Waals surface area contributed by atoms with E-state index in [1.807, 2.05) is 30.3 Å². The summed E-state index contributed by atoms with van der Waals surface area (Å²) in [6.07, 6.45) is 2.19. The van der Waals surface area contributed by atoms with Gasteiger partial charge in [-0.05, 0) is 18.4 Å². The van der Waals surface area contributed by atoms with Crippen LogP contribution in [-0.4, -0.2) is 52.0 Å². The van der Waals surface area contributed by atoms with E-state index in [4.69, 9.17) is 4.74 Å². The minimum absolute atomic E-state index is 0.136. The smallest absolute Gasteiger partial charge is 0.407 e. The molecule has 0 bridgehead atoms. The molecule has 1 aliphatic rings. The maximum Gasteiger partial charge on any atom is 0.407 e. The van der Waals surface area contributed by atoms with E-state index in [0.29, 0.717) is 11.5 Å². The van der Waals surface area contributed by atoms with Gasteiger partial charge in [0.15, 0.2) is 0 Å². The predicted octanol–water partition coefficient (Wildman–Crippen LogP) is 1.40. The number of rotatable bonds is 7. The first-order chi connectivity index (χ1) is 13.1. The van der Waals surface area contributed by atoms with Gasteiger partial charge >= 0.3 is 6.09 Å². The van der Waals surface area contributed by atoms with Crippen molar-refractivity contribution in [3.8, 4) is 0 Å². The molecular weight excluding hydrogens is 348 g/mol. The average Bonchev–Trinajstić information content (AvgIpc) is 3.25. The first-order valence-corrected chi connectivity index (χ1v) is 9.01. The van der Waals surface area contributed by atoms with Gasteiger partial charge in [-0.25, -0.2) is 14.8 Å². The zero-order chi connectivity index (χ0) is 19.1. The third-order valence-corrected chi connectivity index (χ3v) is 4.42. The Hall–Kier alpha value is -2.71. The number of hydrogen-bond acceptors (Lipinski definition) is 7. The van der Waals surface area contributed by atoms with E-state index in [9.17, 15) is 15.0 Å². The highest BCUT2D eigenvalue weighted by molar-refractivity contribution is 5.67. The lowest BCUT2D eigenvalue weighted by molar-refractivity contribution is 0.0180. The summed E-state index contributed by atoms with van der Waals surface area (Å²) < 4.78 is 5.06. The van der Waals surface area contributed by atoms with Gasteiger partial charge in [-0.2, -0.15) is 0 Å². The van der Waals surface area contributed by atoms with Gasteiger partial charge in [0.05, 0.1) is 0 Å². The van der Waals surface area contributed by atoms with Crippen molar-refractivity contribution in [3.05, 3.63) is 53.9 Å².